The van der Waals surface area contributed by atoms with Crippen LogP contribution in [0.25, 0.3) is 22.3 Å². The van der Waals surface area contributed by atoms with E-state index in [0.717, 1.165) is 43.6 Å². The molecule has 5 rings (SSSR count). The van der Waals surface area contributed by atoms with E-state index in [1.807, 2.05) is 60.8 Å². The normalized spacial score (nSPS) is 12.3. The highest BCUT2D eigenvalue weighted by molar-refractivity contribution is 7.99. The zero-order chi connectivity index (χ0) is 15.9. The minimum Gasteiger partial charge on any atom is -0.455 e. The number of ether oxygens (including phenoxy) is 1. The van der Waals surface area contributed by atoms with Crippen molar-refractivity contribution in [2.24, 2.45) is 0 Å². The van der Waals surface area contributed by atoms with E-state index in [4.69, 9.17) is 9.72 Å². The van der Waals surface area contributed by atoms with Crippen molar-refractivity contribution >= 4 is 22.8 Å². The summed E-state index contributed by atoms with van der Waals surface area (Å²) in [7, 11) is 0. The summed E-state index contributed by atoms with van der Waals surface area (Å²) in [5.41, 5.74) is 3.73. The highest BCUT2D eigenvalue weighted by Crippen LogP contribution is 2.47. The molecule has 0 amide bonds. The van der Waals surface area contributed by atoms with Gasteiger partial charge in [0.15, 0.2) is 0 Å². The number of fused-ring (bicyclic) bond motifs is 3. The molecule has 0 bridgehead atoms. The maximum Gasteiger partial charge on any atom is 0.141 e. The molecule has 0 spiro atoms. The van der Waals surface area contributed by atoms with Gasteiger partial charge in [0, 0.05) is 5.56 Å². The van der Waals surface area contributed by atoms with Crippen LogP contribution in [0, 0.1) is 0 Å². The van der Waals surface area contributed by atoms with Crippen LogP contribution >= 0.6 is 11.8 Å². The van der Waals surface area contributed by atoms with Crippen LogP contribution in [0.2, 0.25) is 0 Å². The van der Waals surface area contributed by atoms with E-state index < -0.39 is 0 Å². The second kappa shape index (κ2) is 5.35. The summed E-state index contributed by atoms with van der Waals surface area (Å²) >= 11 is 1.72. The van der Waals surface area contributed by atoms with Gasteiger partial charge in [-0.1, -0.05) is 36.0 Å². The Balaban J connectivity index is 1.58. The lowest BCUT2D eigenvalue weighted by molar-refractivity contribution is 0.454. The van der Waals surface area contributed by atoms with E-state index in [1.165, 1.54) is 0 Å². The Morgan fingerprint density at radius 3 is 2.50 bits per heavy atom. The van der Waals surface area contributed by atoms with Crippen LogP contribution in [0.15, 0.2) is 82.7 Å². The summed E-state index contributed by atoms with van der Waals surface area (Å²) in [5, 5.41) is 0. The number of hydrogen-bond donors (Lipinski definition) is 0. The van der Waals surface area contributed by atoms with E-state index >= 15 is 0 Å². The molecule has 0 fully saturated rings. The van der Waals surface area contributed by atoms with Crippen LogP contribution in [0.5, 0.6) is 11.5 Å². The lowest BCUT2D eigenvalue weighted by Crippen LogP contribution is -1.95. The molecule has 24 heavy (non-hydrogen) atoms. The summed E-state index contributed by atoms with van der Waals surface area (Å²) in [6.45, 7) is 0. The van der Waals surface area contributed by atoms with Gasteiger partial charge in [-0.2, -0.15) is 0 Å². The third-order valence-electron chi connectivity index (χ3n) is 3.98. The fraction of sp³-hybridized carbons (Fsp3) is 0. The Kier molecular flexibility index (Phi) is 3.03. The number of rotatable bonds is 1. The summed E-state index contributed by atoms with van der Waals surface area (Å²) in [6, 6.07) is 22.2. The molecule has 1 aliphatic heterocycles. The quantitative estimate of drug-likeness (QED) is 0.404. The Morgan fingerprint density at radius 2 is 1.54 bits per heavy atom. The standard InChI is InChI=1S/C20H12N2OS/c1-2-6-15-14(5-1)21-12-16(22-15)13-9-10-18-20(11-13)24-19-8-4-3-7-17(19)23-18/h1-12H. The molecule has 0 unspecified atom stereocenters. The predicted octanol–water partition coefficient (Wildman–Crippen LogP) is 5.55. The van der Waals surface area contributed by atoms with Crippen molar-refractivity contribution in [2.45, 2.75) is 9.79 Å². The van der Waals surface area contributed by atoms with Gasteiger partial charge in [-0.25, -0.2) is 4.98 Å². The first kappa shape index (κ1) is 13.6. The third kappa shape index (κ3) is 2.23. The van der Waals surface area contributed by atoms with Gasteiger partial charge in [0.1, 0.15) is 11.5 Å². The lowest BCUT2D eigenvalue weighted by Gasteiger charge is -2.19. The molecule has 1 aromatic heterocycles. The second-order valence-corrected chi connectivity index (χ2v) is 6.64. The van der Waals surface area contributed by atoms with Gasteiger partial charge in [0.25, 0.3) is 0 Å². The Labute approximate surface area is 143 Å². The summed E-state index contributed by atoms with van der Waals surface area (Å²) in [5.74, 6) is 1.80. The predicted molar refractivity (Wildman–Crippen MR) is 95.6 cm³/mol. The Morgan fingerprint density at radius 1 is 0.750 bits per heavy atom. The first-order chi connectivity index (χ1) is 11.9. The van der Waals surface area contributed by atoms with Gasteiger partial charge in [-0.15, -0.1) is 0 Å². The molecule has 3 nitrogen and oxygen atoms in total. The molecule has 0 aliphatic carbocycles. The van der Waals surface area contributed by atoms with Gasteiger partial charge < -0.3 is 4.74 Å². The van der Waals surface area contributed by atoms with Crippen molar-refractivity contribution in [3.8, 4) is 22.8 Å². The maximum absolute atomic E-state index is 5.98. The molecule has 0 saturated carbocycles. The highest BCUT2D eigenvalue weighted by atomic mass is 32.2. The summed E-state index contributed by atoms with van der Waals surface area (Å²) in [4.78, 5) is 11.5. The van der Waals surface area contributed by atoms with Gasteiger partial charge in [-0.3, -0.25) is 4.98 Å². The largest absolute Gasteiger partial charge is 0.455 e. The third-order valence-corrected chi connectivity index (χ3v) is 5.07. The zero-order valence-corrected chi connectivity index (χ0v) is 13.5. The number of nitrogens with zero attached hydrogens (tertiary/aromatic N) is 2. The van der Waals surface area contributed by atoms with Crippen molar-refractivity contribution in [1.29, 1.82) is 0 Å². The molecular formula is C20H12N2OS. The highest BCUT2D eigenvalue weighted by Gasteiger charge is 2.18. The molecule has 0 saturated heterocycles. The molecular weight excluding hydrogens is 316 g/mol. The summed E-state index contributed by atoms with van der Waals surface area (Å²) < 4.78 is 5.98. The van der Waals surface area contributed by atoms with E-state index in [9.17, 15) is 0 Å². The molecule has 4 heteroatoms. The monoisotopic (exact) mass is 328 g/mol. The van der Waals surface area contributed by atoms with E-state index in [-0.39, 0.29) is 0 Å². The zero-order valence-electron chi connectivity index (χ0n) is 12.6. The average molecular weight is 328 g/mol. The molecule has 0 atom stereocenters. The minimum atomic E-state index is 0.871. The van der Waals surface area contributed by atoms with Crippen LogP contribution in [-0.4, -0.2) is 9.97 Å². The number of benzene rings is 3. The molecule has 0 radical (unpaired) electrons. The van der Waals surface area contributed by atoms with Crippen LogP contribution < -0.4 is 4.74 Å². The molecule has 1 aliphatic rings. The number of para-hydroxylation sites is 3. The first-order valence-corrected chi connectivity index (χ1v) is 8.49. The average Bonchev–Trinajstić information content (AvgIpc) is 2.65. The van der Waals surface area contributed by atoms with Crippen LogP contribution in [0.3, 0.4) is 0 Å². The van der Waals surface area contributed by atoms with Crippen molar-refractivity contribution in [1.82, 2.24) is 9.97 Å². The first-order valence-electron chi connectivity index (χ1n) is 7.68. The second-order valence-electron chi connectivity index (χ2n) is 5.56. The van der Waals surface area contributed by atoms with Gasteiger partial charge in [0.2, 0.25) is 0 Å². The maximum atomic E-state index is 5.98. The van der Waals surface area contributed by atoms with Crippen molar-refractivity contribution in [3.05, 3.63) is 72.9 Å². The van der Waals surface area contributed by atoms with Crippen molar-refractivity contribution in [2.75, 3.05) is 0 Å². The smallest absolute Gasteiger partial charge is 0.141 e. The number of hydrogen-bond acceptors (Lipinski definition) is 4. The van der Waals surface area contributed by atoms with Crippen molar-refractivity contribution < 1.29 is 4.74 Å². The molecule has 3 aromatic carbocycles. The topological polar surface area (TPSA) is 35.0 Å². The van der Waals surface area contributed by atoms with Gasteiger partial charge in [-0.05, 0) is 42.5 Å². The molecule has 4 aromatic rings. The Bertz CT molecular complexity index is 1080. The van der Waals surface area contributed by atoms with Gasteiger partial charge >= 0.3 is 0 Å². The fourth-order valence-corrected chi connectivity index (χ4v) is 3.77. The van der Waals surface area contributed by atoms with E-state index in [0.29, 0.717) is 0 Å². The van der Waals surface area contributed by atoms with E-state index in [2.05, 4.69) is 17.1 Å². The number of aromatic nitrogens is 2. The summed E-state index contributed by atoms with van der Waals surface area (Å²) in [6.07, 6.45) is 1.83. The fourth-order valence-electron chi connectivity index (χ4n) is 2.78. The van der Waals surface area contributed by atoms with Crippen LogP contribution in [0.1, 0.15) is 0 Å². The SMILES string of the molecule is c1ccc2c(c1)Oc1ccc(-c3cnc4ccccc4n3)cc1S2. The Hall–Kier alpha value is -2.85. The lowest BCUT2D eigenvalue weighted by atomic mass is 10.1. The molecule has 0 N–H and O–H groups in total. The molecule has 114 valence electrons. The minimum absolute atomic E-state index is 0.871. The van der Waals surface area contributed by atoms with E-state index in [1.54, 1.807) is 11.8 Å². The van der Waals surface area contributed by atoms with Gasteiger partial charge in [0.05, 0.1) is 32.7 Å². The van der Waals surface area contributed by atoms with Crippen LogP contribution in [0.4, 0.5) is 0 Å². The molecule has 2 heterocycles. The van der Waals surface area contributed by atoms with Crippen LogP contribution in [-0.2, 0) is 0 Å². The van der Waals surface area contributed by atoms with Crippen molar-refractivity contribution in [3.63, 3.8) is 0 Å².